The Bertz CT molecular complexity index is 439. The maximum absolute atomic E-state index is 3.75. The van der Waals surface area contributed by atoms with E-state index < -0.39 is 0 Å². The Balaban J connectivity index is 2.28. The van der Waals surface area contributed by atoms with Crippen LogP contribution in [0.3, 0.4) is 0 Å². The van der Waals surface area contributed by atoms with Crippen molar-refractivity contribution in [1.82, 2.24) is 5.32 Å². The molecular formula is C17H25BrIN. The van der Waals surface area contributed by atoms with Gasteiger partial charge in [0.2, 0.25) is 0 Å². The SMILES string of the molecule is CCNC(c1cc(Br)ccc1I)C1CC(C)CC(C)C1. The highest BCUT2D eigenvalue weighted by atomic mass is 127. The summed E-state index contributed by atoms with van der Waals surface area (Å²) in [5.41, 5.74) is 1.47. The van der Waals surface area contributed by atoms with Crippen LogP contribution in [0, 0.1) is 21.3 Å². The topological polar surface area (TPSA) is 12.0 Å². The van der Waals surface area contributed by atoms with E-state index in [1.807, 2.05) is 0 Å². The summed E-state index contributed by atoms with van der Waals surface area (Å²) >= 11 is 6.11. The minimum absolute atomic E-state index is 0.495. The summed E-state index contributed by atoms with van der Waals surface area (Å²) in [6.45, 7) is 8.08. The van der Waals surface area contributed by atoms with Gasteiger partial charge in [-0.3, -0.25) is 0 Å². The van der Waals surface area contributed by atoms with Crippen LogP contribution in [0.5, 0.6) is 0 Å². The zero-order valence-corrected chi connectivity index (χ0v) is 16.4. The Kier molecular flexibility index (Phi) is 6.36. The molecule has 3 unspecified atom stereocenters. The first-order valence-corrected chi connectivity index (χ1v) is 9.56. The van der Waals surface area contributed by atoms with Crippen LogP contribution >= 0.6 is 38.5 Å². The lowest BCUT2D eigenvalue weighted by molar-refractivity contribution is 0.177. The third-order valence-electron chi connectivity index (χ3n) is 4.40. The number of halogens is 2. The van der Waals surface area contributed by atoms with Crippen LogP contribution < -0.4 is 5.32 Å². The predicted molar refractivity (Wildman–Crippen MR) is 98.9 cm³/mol. The lowest BCUT2D eigenvalue weighted by Crippen LogP contribution is -2.33. The predicted octanol–water partition coefficient (Wildman–Crippen LogP) is 5.78. The molecule has 0 aliphatic heterocycles. The molecule has 0 heterocycles. The van der Waals surface area contributed by atoms with Gasteiger partial charge in [0.1, 0.15) is 0 Å². The number of hydrogen-bond donors (Lipinski definition) is 1. The van der Waals surface area contributed by atoms with Gasteiger partial charge in [0.15, 0.2) is 0 Å². The summed E-state index contributed by atoms with van der Waals surface area (Å²) in [5.74, 6) is 2.47. The molecule has 20 heavy (non-hydrogen) atoms. The lowest BCUT2D eigenvalue weighted by atomic mass is 9.72. The molecule has 0 radical (unpaired) electrons. The second-order valence-electron chi connectivity index (χ2n) is 6.38. The third kappa shape index (κ3) is 4.20. The summed E-state index contributed by atoms with van der Waals surface area (Å²) in [7, 11) is 0. The summed E-state index contributed by atoms with van der Waals surface area (Å²) in [6.07, 6.45) is 4.10. The zero-order valence-electron chi connectivity index (χ0n) is 12.6. The number of nitrogens with one attached hydrogen (secondary N) is 1. The van der Waals surface area contributed by atoms with E-state index >= 15 is 0 Å². The molecule has 0 bridgehead atoms. The van der Waals surface area contributed by atoms with Crippen molar-refractivity contribution in [1.29, 1.82) is 0 Å². The van der Waals surface area contributed by atoms with E-state index in [1.165, 1.54) is 32.9 Å². The van der Waals surface area contributed by atoms with E-state index in [2.05, 4.69) is 82.8 Å². The van der Waals surface area contributed by atoms with Gasteiger partial charge in [-0.25, -0.2) is 0 Å². The number of rotatable bonds is 4. The molecule has 1 N–H and O–H groups in total. The zero-order chi connectivity index (χ0) is 14.7. The quantitative estimate of drug-likeness (QED) is 0.574. The Morgan fingerprint density at radius 2 is 1.90 bits per heavy atom. The lowest BCUT2D eigenvalue weighted by Gasteiger charge is -2.37. The third-order valence-corrected chi connectivity index (χ3v) is 5.88. The molecule has 0 aromatic heterocycles. The summed E-state index contributed by atoms with van der Waals surface area (Å²) in [4.78, 5) is 0. The fourth-order valence-corrected chi connectivity index (χ4v) is 4.83. The van der Waals surface area contributed by atoms with Crippen molar-refractivity contribution in [3.05, 3.63) is 31.8 Å². The van der Waals surface area contributed by atoms with Crippen LogP contribution in [0.15, 0.2) is 22.7 Å². The van der Waals surface area contributed by atoms with Gasteiger partial charge < -0.3 is 5.32 Å². The average molecular weight is 450 g/mol. The van der Waals surface area contributed by atoms with Crippen molar-refractivity contribution in [3.8, 4) is 0 Å². The van der Waals surface area contributed by atoms with E-state index in [0.29, 0.717) is 6.04 Å². The molecule has 1 nitrogen and oxygen atoms in total. The highest BCUT2D eigenvalue weighted by Crippen LogP contribution is 2.41. The van der Waals surface area contributed by atoms with Crippen molar-refractivity contribution >= 4 is 38.5 Å². The second-order valence-corrected chi connectivity index (χ2v) is 8.46. The number of hydrogen-bond acceptors (Lipinski definition) is 1. The first-order chi connectivity index (χ1) is 9.51. The largest absolute Gasteiger partial charge is 0.310 e. The minimum Gasteiger partial charge on any atom is -0.310 e. The first-order valence-electron chi connectivity index (χ1n) is 7.69. The standard InChI is InChI=1S/C17H25BrIN/c1-4-20-17(13-8-11(2)7-12(3)9-13)15-10-14(18)5-6-16(15)19/h5-6,10-13,17,20H,4,7-9H2,1-3H3. The fraction of sp³-hybridized carbons (Fsp3) is 0.647. The molecule has 112 valence electrons. The van der Waals surface area contributed by atoms with E-state index in [-0.39, 0.29) is 0 Å². The molecular weight excluding hydrogens is 425 g/mol. The average Bonchev–Trinajstić information content (AvgIpc) is 2.38. The van der Waals surface area contributed by atoms with Crippen molar-refractivity contribution in [2.24, 2.45) is 17.8 Å². The molecule has 1 fully saturated rings. The van der Waals surface area contributed by atoms with Crippen LogP contribution in [-0.4, -0.2) is 6.54 Å². The van der Waals surface area contributed by atoms with E-state index in [1.54, 1.807) is 0 Å². The minimum atomic E-state index is 0.495. The van der Waals surface area contributed by atoms with Gasteiger partial charge in [0.25, 0.3) is 0 Å². The smallest absolute Gasteiger partial charge is 0.0359 e. The maximum atomic E-state index is 3.75. The molecule has 0 saturated heterocycles. The van der Waals surface area contributed by atoms with Crippen molar-refractivity contribution in [2.75, 3.05) is 6.54 Å². The number of benzene rings is 1. The molecule has 1 aromatic carbocycles. The highest BCUT2D eigenvalue weighted by Gasteiger charge is 2.31. The first kappa shape index (κ1) is 16.8. The van der Waals surface area contributed by atoms with Gasteiger partial charge in [-0.2, -0.15) is 0 Å². The molecule has 1 aliphatic rings. The summed E-state index contributed by atoms with van der Waals surface area (Å²) < 4.78 is 2.57. The molecule has 0 spiro atoms. The van der Waals surface area contributed by atoms with Crippen molar-refractivity contribution in [2.45, 2.75) is 46.1 Å². The monoisotopic (exact) mass is 449 g/mol. The summed E-state index contributed by atoms with van der Waals surface area (Å²) in [6, 6.07) is 7.16. The molecule has 1 aliphatic carbocycles. The normalized spacial score (nSPS) is 28.4. The Morgan fingerprint density at radius 3 is 2.50 bits per heavy atom. The Labute approximate surface area is 145 Å². The highest BCUT2D eigenvalue weighted by molar-refractivity contribution is 14.1. The molecule has 2 rings (SSSR count). The Hall–Kier alpha value is 0.390. The van der Waals surface area contributed by atoms with Gasteiger partial charge in [0, 0.05) is 14.1 Å². The molecule has 0 amide bonds. The van der Waals surface area contributed by atoms with Gasteiger partial charge in [-0.05, 0) is 89.9 Å². The molecule has 1 saturated carbocycles. The second kappa shape index (κ2) is 7.59. The Morgan fingerprint density at radius 1 is 1.25 bits per heavy atom. The van der Waals surface area contributed by atoms with Crippen LogP contribution in [0.25, 0.3) is 0 Å². The van der Waals surface area contributed by atoms with Gasteiger partial charge in [0.05, 0.1) is 0 Å². The van der Waals surface area contributed by atoms with Crippen LogP contribution in [0.4, 0.5) is 0 Å². The van der Waals surface area contributed by atoms with Gasteiger partial charge >= 0.3 is 0 Å². The fourth-order valence-electron chi connectivity index (χ4n) is 3.78. The van der Waals surface area contributed by atoms with Gasteiger partial charge in [-0.15, -0.1) is 0 Å². The maximum Gasteiger partial charge on any atom is 0.0359 e. The van der Waals surface area contributed by atoms with E-state index in [0.717, 1.165) is 24.3 Å². The van der Waals surface area contributed by atoms with E-state index in [9.17, 15) is 0 Å². The van der Waals surface area contributed by atoms with Crippen molar-refractivity contribution < 1.29 is 0 Å². The molecule has 3 heteroatoms. The van der Waals surface area contributed by atoms with E-state index in [4.69, 9.17) is 0 Å². The van der Waals surface area contributed by atoms with Crippen LogP contribution in [0.2, 0.25) is 0 Å². The summed E-state index contributed by atoms with van der Waals surface area (Å²) in [5, 5.41) is 3.75. The van der Waals surface area contributed by atoms with Gasteiger partial charge in [-0.1, -0.05) is 36.7 Å². The van der Waals surface area contributed by atoms with Crippen LogP contribution in [0.1, 0.15) is 51.6 Å². The van der Waals surface area contributed by atoms with Crippen LogP contribution in [-0.2, 0) is 0 Å². The molecule has 1 aromatic rings. The van der Waals surface area contributed by atoms with Crippen molar-refractivity contribution in [3.63, 3.8) is 0 Å². The molecule has 3 atom stereocenters.